The first kappa shape index (κ1) is 17.0. The molecule has 4 heterocycles. The fourth-order valence-corrected chi connectivity index (χ4v) is 2.89. The molecule has 0 saturated heterocycles. The van der Waals surface area contributed by atoms with Gasteiger partial charge in [0.15, 0.2) is 5.65 Å². The van der Waals surface area contributed by atoms with Crippen molar-refractivity contribution in [3.8, 4) is 17.1 Å². The molecule has 0 N–H and O–H groups in total. The van der Waals surface area contributed by atoms with Gasteiger partial charge in [-0.1, -0.05) is 6.07 Å². The van der Waals surface area contributed by atoms with E-state index in [9.17, 15) is 0 Å². The van der Waals surface area contributed by atoms with Crippen LogP contribution >= 0.6 is 0 Å². The number of fused-ring (bicyclic) bond motifs is 1. The van der Waals surface area contributed by atoms with E-state index >= 15 is 0 Å². The summed E-state index contributed by atoms with van der Waals surface area (Å²) < 4.78 is 7.16. The maximum atomic E-state index is 5.13. The summed E-state index contributed by atoms with van der Waals surface area (Å²) in [6, 6.07) is 7.88. The second kappa shape index (κ2) is 7.03. The molecule has 0 aliphatic rings. The van der Waals surface area contributed by atoms with Crippen LogP contribution in [0.25, 0.3) is 16.9 Å². The van der Waals surface area contributed by atoms with E-state index in [2.05, 4.69) is 30.9 Å². The molecule has 0 spiro atoms. The average Bonchev–Trinajstić information content (AvgIpc) is 3.12. The van der Waals surface area contributed by atoms with E-state index in [0.717, 1.165) is 34.0 Å². The summed E-state index contributed by atoms with van der Waals surface area (Å²) in [7, 11) is 3.61. The molecule has 0 bridgehead atoms. The fraction of sp³-hybridized carbons (Fsp3) is 0.200. The van der Waals surface area contributed by atoms with Gasteiger partial charge in [-0.2, -0.15) is 0 Å². The van der Waals surface area contributed by atoms with Crippen molar-refractivity contribution in [2.24, 2.45) is 0 Å². The Hall–Kier alpha value is -3.48. The largest absolute Gasteiger partial charge is 0.481 e. The number of aryl methyl sites for hydroxylation is 1. The molecule has 0 aliphatic carbocycles. The van der Waals surface area contributed by atoms with Crippen LogP contribution in [0.1, 0.15) is 11.3 Å². The lowest BCUT2D eigenvalue weighted by molar-refractivity contribution is 0.398. The lowest BCUT2D eigenvalue weighted by Gasteiger charge is -2.17. The Morgan fingerprint density at radius 1 is 0.963 bits per heavy atom. The van der Waals surface area contributed by atoms with Crippen molar-refractivity contribution in [3.05, 3.63) is 66.5 Å². The summed E-state index contributed by atoms with van der Waals surface area (Å²) in [4.78, 5) is 19.8. The van der Waals surface area contributed by atoms with Gasteiger partial charge in [0.2, 0.25) is 5.88 Å². The fourth-order valence-electron chi connectivity index (χ4n) is 2.89. The quantitative estimate of drug-likeness (QED) is 0.545. The van der Waals surface area contributed by atoms with E-state index in [-0.39, 0.29) is 0 Å². The van der Waals surface area contributed by atoms with Gasteiger partial charge >= 0.3 is 0 Å². The molecule has 0 saturated carbocycles. The van der Waals surface area contributed by atoms with Crippen molar-refractivity contribution in [1.82, 2.24) is 24.3 Å². The van der Waals surface area contributed by atoms with Crippen LogP contribution in [0, 0.1) is 6.92 Å². The van der Waals surface area contributed by atoms with Gasteiger partial charge in [0.05, 0.1) is 37.4 Å². The summed E-state index contributed by atoms with van der Waals surface area (Å²) in [5.41, 5.74) is 4.78. The summed E-state index contributed by atoms with van der Waals surface area (Å²) in [6.45, 7) is 2.67. The van der Waals surface area contributed by atoms with Crippen molar-refractivity contribution in [3.63, 3.8) is 0 Å². The number of methoxy groups -OCH3 is 1. The smallest absolute Gasteiger partial charge is 0.212 e. The Morgan fingerprint density at radius 3 is 2.56 bits per heavy atom. The Morgan fingerprint density at radius 2 is 1.85 bits per heavy atom. The molecule has 0 atom stereocenters. The highest BCUT2D eigenvalue weighted by Crippen LogP contribution is 2.22. The third-order valence-corrected chi connectivity index (χ3v) is 4.38. The van der Waals surface area contributed by atoms with Crippen LogP contribution in [-0.4, -0.2) is 38.5 Å². The first-order valence-corrected chi connectivity index (χ1v) is 8.60. The van der Waals surface area contributed by atoms with Gasteiger partial charge in [0.1, 0.15) is 5.82 Å². The third kappa shape index (κ3) is 3.44. The molecular formula is C20H20N6O. The van der Waals surface area contributed by atoms with Crippen molar-refractivity contribution < 1.29 is 4.74 Å². The second-order valence-corrected chi connectivity index (χ2v) is 6.39. The van der Waals surface area contributed by atoms with Crippen LogP contribution in [0.2, 0.25) is 0 Å². The first-order valence-electron chi connectivity index (χ1n) is 8.60. The monoisotopic (exact) mass is 360 g/mol. The lowest BCUT2D eigenvalue weighted by atomic mass is 10.2. The second-order valence-electron chi connectivity index (χ2n) is 6.39. The molecule has 0 fully saturated rings. The molecule has 4 rings (SSSR count). The van der Waals surface area contributed by atoms with Crippen molar-refractivity contribution in [2.45, 2.75) is 13.5 Å². The number of imidazole rings is 1. The minimum absolute atomic E-state index is 0.585. The summed E-state index contributed by atoms with van der Waals surface area (Å²) >= 11 is 0. The van der Waals surface area contributed by atoms with Gasteiger partial charge in [-0.3, -0.25) is 9.38 Å². The molecule has 0 radical (unpaired) electrons. The highest BCUT2D eigenvalue weighted by molar-refractivity contribution is 5.62. The van der Waals surface area contributed by atoms with Crippen LogP contribution in [0.3, 0.4) is 0 Å². The molecular weight excluding hydrogens is 340 g/mol. The molecule has 4 aromatic rings. The van der Waals surface area contributed by atoms with Gasteiger partial charge in [-0.25, -0.2) is 15.0 Å². The van der Waals surface area contributed by atoms with Crippen LogP contribution < -0.4 is 9.64 Å². The molecule has 27 heavy (non-hydrogen) atoms. The minimum Gasteiger partial charge on any atom is -0.481 e. The lowest BCUT2D eigenvalue weighted by Crippen LogP contribution is -2.18. The number of nitrogens with zero attached hydrogens (tertiary/aromatic N) is 6. The van der Waals surface area contributed by atoms with E-state index < -0.39 is 0 Å². The van der Waals surface area contributed by atoms with Crippen LogP contribution in [0.4, 0.5) is 5.82 Å². The number of anilines is 1. The summed E-state index contributed by atoms with van der Waals surface area (Å²) in [6.07, 6.45) is 9.27. The van der Waals surface area contributed by atoms with Gasteiger partial charge in [-0.05, 0) is 24.6 Å². The molecule has 136 valence electrons. The predicted molar refractivity (Wildman–Crippen MR) is 104 cm³/mol. The number of pyridine rings is 2. The topological polar surface area (TPSA) is 68.4 Å². The van der Waals surface area contributed by atoms with E-state index in [1.165, 1.54) is 0 Å². The highest BCUT2D eigenvalue weighted by atomic mass is 16.5. The van der Waals surface area contributed by atoms with E-state index in [0.29, 0.717) is 12.4 Å². The van der Waals surface area contributed by atoms with Crippen molar-refractivity contribution >= 4 is 11.5 Å². The van der Waals surface area contributed by atoms with Crippen molar-refractivity contribution in [1.29, 1.82) is 0 Å². The molecule has 7 heteroatoms. The maximum absolute atomic E-state index is 5.13. The molecule has 4 aromatic heterocycles. The Bertz CT molecular complexity index is 1060. The highest BCUT2D eigenvalue weighted by Gasteiger charge is 2.10. The zero-order valence-electron chi connectivity index (χ0n) is 15.5. The SMILES string of the molecule is COc1ccc(-c2cnc3cnc(CN(C)c4ccc(C)cn4)cn23)cn1. The number of ether oxygens (including phenoxy) is 1. The Labute approximate surface area is 157 Å². The van der Waals surface area contributed by atoms with E-state index in [4.69, 9.17) is 4.74 Å². The molecule has 0 aliphatic heterocycles. The number of hydrogen-bond acceptors (Lipinski definition) is 6. The first-order chi connectivity index (χ1) is 13.1. The maximum Gasteiger partial charge on any atom is 0.212 e. The number of aromatic nitrogens is 5. The standard InChI is InChI=1S/C20H20N6O/c1-14-4-6-18(22-8-14)25(2)12-16-13-26-17(10-23-19(26)11-21-16)15-5-7-20(27-3)24-9-15/h4-11,13H,12H2,1-3H3. The van der Waals surface area contributed by atoms with Crippen LogP contribution in [0.5, 0.6) is 5.88 Å². The van der Waals surface area contributed by atoms with Crippen LogP contribution in [-0.2, 0) is 6.54 Å². The minimum atomic E-state index is 0.585. The average molecular weight is 360 g/mol. The Balaban J connectivity index is 1.64. The van der Waals surface area contributed by atoms with E-state index in [1.807, 2.05) is 55.2 Å². The zero-order valence-corrected chi connectivity index (χ0v) is 15.5. The van der Waals surface area contributed by atoms with Gasteiger partial charge in [0, 0.05) is 37.3 Å². The molecule has 0 amide bonds. The Kier molecular flexibility index (Phi) is 4.42. The number of rotatable bonds is 5. The normalized spacial score (nSPS) is 10.9. The van der Waals surface area contributed by atoms with Gasteiger partial charge in [-0.15, -0.1) is 0 Å². The van der Waals surface area contributed by atoms with Crippen LogP contribution in [0.15, 0.2) is 55.2 Å². The molecule has 0 unspecified atom stereocenters. The zero-order chi connectivity index (χ0) is 18.8. The van der Waals surface area contributed by atoms with Gasteiger partial charge < -0.3 is 9.64 Å². The third-order valence-electron chi connectivity index (χ3n) is 4.38. The molecule has 0 aromatic carbocycles. The summed E-state index contributed by atoms with van der Waals surface area (Å²) in [5.74, 6) is 1.50. The van der Waals surface area contributed by atoms with Crippen molar-refractivity contribution in [2.75, 3.05) is 19.1 Å². The van der Waals surface area contributed by atoms with E-state index in [1.54, 1.807) is 19.5 Å². The summed E-state index contributed by atoms with van der Waals surface area (Å²) in [5, 5.41) is 0. The number of hydrogen-bond donors (Lipinski definition) is 0. The predicted octanol–water partition coefficient (Wildman–Crippen LogP) is 3.14. The van der Waals surface area contributed by atoms with Gasteiger partial charge in [0.25, 0.3) is 0 Å². The molecule has 7 nitrogen and oxygen atoms in total.